The van der Waals surface area contributed by atoms with Gasteiger partial charge in [0.15, 0.2) is 5.96 Å². The molecule has 1 atom stereocenters. The van der Waals surface area contributed by atoms with Crippen molar-refractivity contribution in [3.8, 4) is 0 Å². The highest BCUT2D eigenvalue weighted by atomic mass is 31.0. The van der Waals surface area contributed by atoms with Crippen molar-refractivity contribution in [3.05, 3.63) is 46.6 Å². The molecule has 1 aliphatic rings. The molecular formula is C19H26F2N5P. The van der Waals surface area contributed by atoms with Gasteiger partial charge in [-0.05, 0) is 43.4 Å². The molecule has 1 saturated carbocycles. The summed E-state index contributed by atoms with van der Waals surface area (Å²) in [5.41, 5.74) is 0.179. The first-order valence-corrected chi connectivity index (χ1v) is 9.76. The normalized spacial score (nSPS) is 16.0. The number of rotatable bonds is 5. The van der Waals surface area contributed by atoms with E-state index in [1.807, 2.05) is 0 Å². The molecule has 0 radical (unpaired) electrons. The number of aryl methyl sites for hydroxylation is 2. The second-order valence-corrected chi connectivity index (χ2v) is 7.85. The number of anilines is 1. The van der Waals surface area contributed by atoms with Gasteiger partial charge in [-0.25, -0.2) is 4.99 Å². The van der Waals surface area contributed by atoms with Crippen LogP contribution in [-0.4, -0.2) is 22.2 Å². The van der Waals surface area contributed by atoms with Crippen molar-refractivity contribution in [2.45, 2.75) is 57.8 Å². The zero-order valence-corrected chi connectivity index (χ0v) is 16.8. The molecule has 1 unspecified atom stereocenters. The van der Waals surface area contributed by atoms with Crippen LogP contribution in [0.25, 0.3) is 0 Å². The van der Waals surface area contributed by atoms with Gasteiger partial charge in [0.1, 0.15) is 11.5 Å². The van der Waals surface area contributed by atoms with Gasteiger partial charge >= 0.3 is 5.66 Å². The van der Waals surface area contributed by atoms with Crippen LogP contribution in [-0.2, 0) is 12.2 Å². The van der Waals surface area contributed by atoms with E-state index in [2.05, 4.69) is 57.9 Å². The topological polar surface area (TPSA) is 65.1 Å². The number of aromatic amines is 1. The van der Waals surface area contributed by atoms with Crippen LogP contribution in [0.3, 0.4) is 0 Å². The summed E-state index contributed by atoms with van der Waals surface area (Å²) in [6.07, 6.45) is 4.55. The Kier molecular flexibility index (Phi) is 6.10. The van der Waals surface area contributed by atoms with E-state index in [-0.39, 0.29) is 5.69 Å². The van der Waals surface area contributed by atoms with E-state index in [0.717, 1.165) is 18.4 Å². The highest BCUT2D eigenvalue weighted by Crippen LogP contribution is 2.34. The third-order valence-electron chi connectivity index (χ3n) is 4.86. The third-order valence-corrected chi connectivity index (χ3v) is 5.16. The van der Waals surface area contributed by atoms with Gasteiger partial charge < -0.3 is 10.6 Å². The van der Waals surface area contributed by atoms with Crippen LogP contribution in [0.15, 0.2) is 29.3 Å². The smallest absolute Gasteiger partial charge is 0.302 e. The summed E-state index contributed by atoms with van der Waals surface area (Å²) in [6.45, 7) is 4.66. The molecule has 0 aliphatic heterocycles. The Morgan fingerprint density at radius 3 is 2.63 bits per heavy atom. The number of hydrogen-bond acceptors (Lipinski definition) is 2. The summed E-state index contributed by atoms with van der Waals surface area (Å²) >= 11 is 0. The molecule has 5 nitrogen and oxygen atoms in total. The lowest BCUT2D eigenvalue weighted by atomic mass is 10.1. The number of aromatic nitrogens is 2. The van der Waals surface area contributed by atoms with E-state index in [9.17, 15) is 8.78 Å². The Morgan fingerprint density at radius 2 is 2.00 bits per heavy atom. The lowest BCUT2D eigenvalue weighted by Crippen LogP contribution is -2.37. The number of H-pyrrole nitrogens is 1. The van der Waals surface area contributed by atoms with Crippen molar-refractivity contribution < 1.29 is 8.78 Å². The highest BCUT2D eigenvalue weighted by molar-refractivity contribution is 7.17. The summed E-state index contributed by atoms with van der Waals surface area (Å²) in [5, 5.41) is 12.8. The average molecular weight is 393 g/mol. The first-order chi connectivity index (χ1) is 12.8. The van der Waals surface area contributed by atoms with Crippen LogP contribution >= 0.6 is 9.24 Å². The van der Waals surface area contributed by atoms with Crippen molar-refractivity contribution in [2.75, 3.05) is 5.32 Å². The van der Waals surface area contributed by atoms with E-state index >= 15 is 0 Å². The fourth-order valence-corrected chi connectivity index (χ4v) is 3.29. The van der Waals surface area contributed by atoms with Crippen molar-refractivity contribution in [3.63, 3.8) is 0 Å². The molecule has 1 aromatic heterocycles. The third kappa shape index (κ3) is 5.48. The maximum Gasteiger partial charge on any atom is 0.302 e. The van der Waals surface area contributed by atoms with E-state index in [1.54, 1.807) is 0 Å². The van der Waals surface area contributed by atoms with Crippen LogP contribution < -0.4 is 10.6 Å². The standard InChI is InChI=1S/C19H26F2N5P/c1-12-7-8-14(9-13(12)2)11-22-18(23-15-5-3-4-6-15)24-17-10-16(25-26-17)19(20,21)27/h7-10,15H,3-6,11,27H2,1-2H3,(H3,22,23,24,25,26). The zero-order chi connectivity index (χ0) is 19.4. The van der Waals surface area contributed by atoms with Gasteiger partial charge in [-0.3, -0.25) is 5.10 Å². The number of nitrogens with one attached hydrogen (secondary N) is 3. The molecule has 3 rings (SSSR count). The molecule has 1 fully saturated rings. The van der Waals surface area contributed by atoms with Crippen LogP contribution in [0.1, 0.15) is 48.1 Å². The molecule has 146 valence electrons. The summed E-state index contributed by atoms with van der Waals surface area (Å²) in [7, 11) is 1.49. The molecule has 0 saturated heterocycles. The number of hydrogen-bond donors (Lipinski definition) is 3. The minimum Gasteiger partial charge on any atom is -0.353 e. The van der Waals surface area contributed by atoms with Gasteiger partial charge in [0, 0.05) is 12.1 Å². The van der Waals surface area contributed by atoms with Gasteiger partial charge in [-0.2, -0.15) is 13.9 Å². The van der Waals surface area contributed by atoms with Gasteiger partial charge in [0.2, 0.25) is 0 Å². The van der Waals surface area contributed by atoms with Gasteiger partial charge in [0.25, 0.3) is 0 Å². The molecule has 27 heavy (non-hydrogen) atoms. The summed E-state index contributed by atoms with van der Waals surface area (Å²) < 4.78 is 26.8. The lowest BCUT2D eigenvalue weighted by Gasteiger charge is -2.16. The van der Waals surface area contributed by atoms with Crippen molar-refractivity contribution in [1.82, 2.24) is 15.5 Å². The SMILES string of the molecule is Cc1ccc(CN=C(Nc2cc(C(F)(F)P)n[nH]2)NC2CCCC2)cc1C. The minimum atomic E-state index is -3.06. The Bertz CT molecular complexity index is 807. The average Bonchev–Trinajstić information content (AvgIpc) is 3.27. The van der Waals surface area contributed by atoms with Crippen molar-refractivity contribution >= 4 is 21.0 Å². The van der Waals surface area contributed by atoms with Gasteiger partial charge in [-0.1, -0.05) is 40.3 Å². The number of alkyl halides is 2. The largest absolute Gasteiger partial charge is 0.353 e. The zero-order valence-electron chi connectivity index (χ0n) is 15.6. The summed E-state index contributed by atoms with van der Waals surface area (Å²) in [5.74, 6) is 0.957. The van der Waals surface area contributed by atoms with Crippen LogP contribution in [0.5, 0.6) is 0 Å². The number of halogens is 2. The number of benzene rings is 1. The Morgan fingerprint density at radius 1 is 1.26 bits per heavy atom. The lowest BCUT2D eigenvalue weighted by molar-refractivity contribution is 0.0986. The summed E-state index contributed by atoms with van der Waals surface area (Å²) in [6, 6.07) is 7.91. The predicted octanol–water partition coefficient (Wildman–Crippen LogP) is 4.45. The summed E-state index contributed by atoms with van der Waals surface area (Å²) in [4.78, 5) is 4.65. The van der Waals surface area contributed by atoms with Crippen molar-refractivity contribution in [2.24, 2.45) is 4.99 Å². The Labute approximate surface area is 160 Å². The molecule has 1 aliphatic carbocycles. The first kappa shape index (κ1) is 19.7. The number of aliphatic imine (C=N–C) groups is 1. The van der Waals surface area contributed by atoms with E-state index in [1.165, 1.54) is 39.3 Å². The number of guanidine groups is 1. The fraction of sp³-hybridized carbons (Fsp3) is 0.474. The van der Waals surface area contributed by atoms with Crippen LogP contribution in [0, 0.1) is 13.8 Å². The molecule has 3 N–H and O–H groups in total. The molecular weight excluding hydrogens is 367 g/mol. The second kappa shape index (κ2) is 8.34. The van der Waals surface area contributed by atoms with Gasteiger partial charge in [0.05, 0.1) is 6.54 Å². The fourth-order valence-electron chi connectivity index (χ4n) is 3.14. The van der Waals surface area contributed by atoms with E-state index in [4.69, 9.17) is 0 Å². The maximum atomic E-state index is 13.4. The van der Waals surface area contributed by atoms with Gasteiger partial charge in [-0.15, -0.1) is 0 Å². The van der Waals surface area contributed by atoms with E-state index in [0.29, 0.717) is 24.4 Å². The first-order valence-electron chi connectivity index (χ1n) is 9.18. The number of nitrogens with zero attached hydrogens (tertiary/aromatic N) is 2. The molecule has 1 heterocycles. The van der Waals surface area contributed by atoms with E-state index < -0.39 is 5.66 Å². The van der Waals surface area contributed by atoms with Crippen LogP contribution in [0.2, 0.25) is 0 Å². The molecule has 1 aromatic carbocycles. The quantitative estimate of drug-likeness (QED) is 0.399. The monoisotopic (exact) mass is 393 g/mol. The Hall–Kier alpha value is -2.01. The van der Waals surface area contributed by atoms with Crippen molar-refractivity contribution in [1.29, 1.82) is 0 Å². The maximum absolute atomic E-state index is 13.4. The molecule has 8 heteroatoms. The molecule has 0 amide bonds. The predicted molar refractivity (Wildman–Crippen MR) is 108 cm³/mol. The second-order valence-electron chi connectivity index (χ2n) is 7.12. The molecule has 0 bridgehead atoms. The highest BCUT2D eigenvalue weighted by Gasteiger charge is 2.28. The molecule has 0 spiro atoms. The minimum absolute atomic E-state index is 0.329. The molecule has 2 aromatic rings. The Balaban J connectivity index is 1.75. The van der Waals surface area contributed by atoms with Crippen LogP contribution in [0.4, 0.5) is 14.6 Å².